The summed E-state index contributed by atoms with van der Waals surface area (Å²) in [7, 11) is 0. The van der Waals surface area contributed by atoms with Crippen LogP contribution in [0.3, 0.4) is 0 Å². The predicted molar refractivity (Wildman–Crippen MR) is 79.6 cm³/mol. The van der Waals surface area contributed by atoms with Gasteiger partial charge in [0, 0.05) is 19.0 Å². The van der Waals surface area contributed by atoms with E-state index in [1.165, 1.54) is 0 Å². The number of rotatable bonds is 8. The van der Waals surface area contributed by atoms with E-state index in [4.69, 9.17) is 0 Å². The van der Waals surface area contributed by atoms with Gasteiger partial charge in [0.2, 0.25) is 0 Å². The summed E-state index contributed by atoms with van der Waals surface area (Å²) in [5, 5.41) is 16.0. The fourth-order valence-corrected chi connectivity index (χ4v) is 1.72. The molecule has 0 fully saturated rings. The Morgan fingerprint density at radius 1 is 1.21 bits per heavy atom. The molecule has 0 saturated carbocycles. The number of hydrogen-bond donors (Lipinski definition) is 3. The molecule has 1 aromatic heterocycles. The van der Waals surface area contributed by atoms with Gasteiger partial charge in [0.25, 0.3) is 0 Å². The summed E-state index contributed by atoms with van der Waals surface area (Å²) in [5.74, 6) is 2.44. The molecule has 0 bridgehead atoms. The zero-order valence-corrected chi connectivity index (χ0v) is 12.5. The highest BCUT2D eigenvalue weighted by molar-refractivity contribution is 5.49. The SMILES string of the molecule is CCCc1nc(NCC)cc(NC(C)(CC)CO)n1. The minimum Gasteiger partial charge on any atom is -0.394 e. The van der Waals surface area contributed by atoms with Crippen molar-refractivity contribution in [3.05, 3.63) is 11.9 Å². The Hall–Kier alpha value is -1.36. The molecule has 0 aliphatic heterocycles. The van der Waals surface area contributed by atoms with Gasteiger partial charge in [-0.2, -0.15) is 0 Å². The van der Waals surface area contributed by atoms with E-state index in [9.17, 15) is 5.11 Å². The zero-order chi connectivity index (χ0) is 14.3. The number of aryl methyl sites for hydroxylation is 1. The molecule has 108 valence electrons. The fraction of sp³-hybridized carbons (Fsp3) is 0.714. The third-order valence-electron chi connectivity index (χ3n) is 3.16. The molecule has 0 amide bonds. The number of hydrogen-bond acceptors (Lipinski definition) is 5. The third-order valence-corrected chi connectivity index (χ3v) is 3.16. The van der Waals surface area contributed by atoms with Crippen LogP contribution in [0.4, 0.5) is 11.6 Å². The van der Waals surface area contributed by atoms with Crippen LogP contribution in [0.2, 0.25) is 0 Å². The molecule has 1 heterocycles. The van der Waals surface area contributed by atoms with Crippen molar-refractivity contribution in [3.63, 3.8) is 0 Å². The van der Waals surface area contributed by atoms with E-state index in [0.29, 0.717) is 0 Å². The van der Waals surface area contributed by atoms with Gasteiger partial charge in [-0.15, -0.1) is 0 Å². The maximum atomic E-state index is 9.47. The number of nitrogens with one attached hydrogen (secondary N) is 2. The van der Waals surface area contributed by atoms with Gasteiger partial charge in [-0.1, -0.05) is 13.8 Å². The van der Waals surface area contributed by atoms with Crippen LogP contribution in [-0.4, -0.2) is 33.8 Å². The summed E-state index contributed by atoms with van der Waals surface area (Å²) < 4.78 is 0. The molecule has 0 saturated heterocycles. The van der Waals surface area contributed by atoms with E-state index in [1.807, 2.05) is 26.8 Å². The minimum absolute atomic E-state index is 0.0765. The van der Waals surface area contributed by atoms with Crippen molar-refractivity contribution in [3.8, 4) is 0 Å². The molecule has 0 radical (unpaired) electrons. The molecule has 19 heavy (non-hydrogen) atoms. The van der Waals surface area contributed by atoms with Gasteiger partial charge in [0.15, 0.2) is 0 Å². The molecule has 0 aliphatic carbocycles. The summed E-state index contributed by atoms with van der Waals surface area (Å²) in [5.41, 5.74) is -0.346. The first-order chi connectivity index (χ1) is 9.06. The van der Waals surface area contributed by atoms with E-state index < -0.39 is 0 Å². The second-order valence-electron chi connectivity index (χ2n) is 5.03. The average Bonchev–Trinajstić information content (AvgIpc) is 2.39. The van der Waals surface area contributed by atoms with Crippen molar-refractivity contribution in [2.45, 2.75) is 52.5 Å². The number of aromatic nitrogens is 2. The summed E-state index contributed by atoms with van der Waals surface area (Å²) in [6.07, 6.45) is 2.70. The van der Waals surface area contributed by atoms with Crippen LogP contribution in [0.1, 0.15) is 46.4 Å². The van der Waals surface area contributed by atoms with Gasteiger partial charge < -0.3 is 15.7 Å². The quantitative estimate of drug-likeness (QED) is 0.674. The van der Waals surface area contributed by atoms with E-state index in [2.05, 4.69) is 27.5 Å². The van der Waals surface area contributed by atoms with Crippen LogP contribution < -0.4 is 10.6 Å². The highest BCUT2D eigenvalue weighted by atomic mass is 16.3. The number of aliphatic hydroxyl groups is 1. The Kier molecular flexibility index (Phi) is 6.02. The largest absolute Gasteiger partial charge is 0.394 e. The van der Waals surface area contributed by atoms with Gasteiger partial charge in [0.05, 0.1) is 12.1 Å². The number of nitrogens with zero attached hydrogens (tertiary/aromatic N) is 2. The summed E-state index contributed by atoms with van der Waals surface area (Å²) >= 11 is 0. The summed E-state index contributed by atoms with van der Waals surface area (Å²) in [6, 6.07) is 1.90. The molecule has 1 unspecified atom stereocenters. The van der Waals surface area contributed by atoms with Crippen molar-refractivity contribution in [2.75, 3.05) is 23.8 Å². The number of anilines is 2. The Balaban J connectivity index is 2.98. The second kappa shape index (κ2) is 7.28. The standard InChI is InChI=1S/C14H26N4O/c1-5-8-11-16-12(15-7-3)9-13(17-11)18-14(4,6-2)10-19/h9,19H,5-8,10H2,1-4H3,(H2,15,16,17,18). The Morgan fingerprint density at radius 3 is 2.42 bits per heavy atom. The van der Waals surface area contributed by atoms with Crippen LogP contribution in [0.15, 0.2) is 6.07 Å². The topological polar surface area (TPSA) is 70.1 Å². The molecule has 0 aliphatic rings. The first-order valence-electron chi connectivity index (χ1n) is 7.07. The molecule has 5 nitrogen and oxygen atoms in total. The Morgan fingerprint density at radius 2 is 1.89 bits per heavy atom. The Labute approximate surface area is 115 Å². The normalized spacial score (nSPS) is 13.9. The molecule has 1 atom stereocenters. The molecule has 1 aromatic rings. The average molecular weight is 266 g/mol. The van der Waals surface area contributed by atoms with E-state index in [1.54, 1.807) is 0 Å². The lowest BCUT2D eigenvalue weighted by Gasteiger charge is -2.28. The van der Waals surface area contributed by atoms with Crippen molar-refractivity contribution >= 4 is 11.6 Å². The lowest BCUT2D eigenvalue weighted by molar-refractivity contribution is 0.218. The molecule has 0 spiro atoms. The van der Waals surface area contributed by atoms with Crippen molar-refractivity contribution in [1.82, 2.24) is 9.97 Å². The summed E-state index contributed by atoms with van der Waals surface area (Å²) in [4.78, 5) is 8.98. The highest BCUT2D eigenvalue weighted by Crippen LogP contribution is 2.19. The molecule has 1 rings (SSSR count). The van der Waals surface area contributed by atoms with E-state index in [-0.39, 0.29) is 12.1 Å². The van der Waals surface area contributed by atoms with Crippen molar-refractivity contribution < 1.29 is 5.11 Å². The third kappa shape index (κ3) is 4.67. The van der Waals surface area contributed by atoms with Gasteiger partial charge in [-0.3, -0.25) is 0 Å². The van der Waals surface area contributed by atoms with Crippen molar-refractivity contribution in [1.29, 1.82) is 0 Å². The lowest BCUT2D eigenvalue weighted by atomic mass is 10.0. The van der Waals surface area contributed by atoms with Crippen LogP contribution in [0.25, 0.3) is 0 Å². The highest BCUT2D eigenvalue weighted by Gasteiger charge is 2.21. The van der Waals surface area contributed by atoms with Crippen LogP contribution >= 0.6 is 0 Å². The van der Waals surface area contributed by atoms with Crippen molar-refractivity contribution in [2.24, 2.45) is 0 Å². The first kappa shape index (κ1) is 15.7. The molecular weight excluding hydrogens is 240 g/mol. The maximum absolute atomic E-state index is 9.47. The zero-order valence-electron chi connectivity index (χ0n) is 12.5. The number of aliphatic hydroxyl groups excluding tert-OH is 1. The molecule has 3 N–H and O–H groups in total. The Bertz CT molecular complexity index is 367. The minimum atomic E-state index is -0.346. The summed E-state index contributed by atoms with van der Waals surface area (Å²) in [6.45, 7) is 9.09. The van der Waals surface area contributed by atoms with Crippen LogP contribution in [-0.2, 0) is 6.42 Å². The van der Waals surface area contributed by atoms with Gasteiger partial charge in [-0.25, -0.2) is 9.97 Å². The molecule has 0 aromatic carbocycles. The predicted octanol–water partition coefficient (Wildman–Crippen LogP) is 2.43. The lowest BCUT2D eigenvalue weighted by Crippen LogP contribution is -2.38. The first-order valence-corrected chi connectivity index (χ1v) is 7.07. The van der Waals surface area contributed by atoms with Gasteiger partial charge in [0.1, 0.15) is 17.5 Å². The molecular formula is C14H26N4O. The van der Waals surface area contributed by atoms with Gasteiger partial charge >= 0.3 is 0 Å². The van der Waals surface area contributed by atoms with E-state index in [0.717, 1.165) is 43.3 Å². The van der Waals surface area contributed by atoms with Crippen LogP contribution in [0.5, 0.6) is 0 Å². The van der Waals surface area contributed by atoms with E-state index >= 15 is 0 Å². The maximum Gasteiger partial charge on any atom is 0.133 e. The smallest absolute Gasteiger partial charge is 0.133 e. The molecule has 5 heteroatoms. The second-order valence-corrected chi connectivity index (χ2v) is 5.03. The van der Waals surface area contributed by atoms with Crippen LogP contribution in [0, 0.1) is 0 Å². The fourth-order valence-electron chi connectivity index (χ4n) is 1.72. The van der Waals surface area contributed by atoms with Gasteiger partial charge in [-0.05, 0) is 26.7 Å². The monoisotopic (exact) mass is 266 g/mol.